The van der Waals surface area contributed by atoms with Crippen molar-refractivity contribution in [2.75, 3.05) is 13.1 Å². The standard InChI is InChI=1S/C11H21N3O/c1-8(5-6-12)14-7-10(13-11(14)15)9-3-2-4-9/h8-10H,2-7,12H2,1H3,(H,13,15). The molecule has 2 atom stereocenters. The molecule has 0 aromatic carbocycles. The molecule has 1 saturated heterocycles. The van der Waals surface area contributed by atoms with Gasteiger partial charge in [0.15, 0.2) is 0 Å². The monoisotopic (exact) mass is 211 g/mol. The third kappa shape index (κ3) is 2.09. The van der Waals surface area contributed by atoms with E-state index in [9.17, 15) is 4.79 Å². The Morgan fingerprint density at radius 2 is 2.33 bits per heavy atom. The second-order valence-corrected chi connectivity index (χ2v) is 4.83. The summed E-state index contributed by atoms with van der Waals surface area (Å²) in [5.41, 5.74) is 5.52. The molecule has 0 bridgehead atoms. The number of amides is 2. The van der Waals surface area contributed by atoms with Crippen LogP contribution in [-0.4, -0.2) is 36.1 Å². The summed E-state index contributed by atoms with van der Waals surface area (Å²) in [5.74, 6) is 0.726. The van der Waals surface area contributed by atoms with Gasteiger partial charge in [-0.1, -0.05) is 6.42 Å². The van der Waals surface area contributed by atoms with Crippen LogP contribution in [0.25, 0.3) is 0 Å². The second kappa shape index (κ2) is 4.39. The fraction of sp³-hybridized carbons (Fsp3) is 0.909. The van der Waals surface area contributed by atoms with Crippen molar-refractivity contribution in [3.63, 3.8) is 0 Å². The number of carbonyl (C=O) groups is 1. The molecule has 2 aliphatic rings. The summed E-state index contributed by atoms with van der Waals surface area (Å²) < 4.78 is 0. The van der Waals surface area contributed by atoms with Crippen LogP contribution in [0, 0.1) is 5.92 Å². The third-order valence-corrected chi connectivity index (χ3v) is 3.80. The summed E-state index contributed by atoms with van der Waals surface area (Å²) in [6.45, 7) is 3.61. The lowest BCUT2D eigenvalue weighted by atomic mass is 9.80. The van der Waals surface area contributed by atoms with Crippen molar-refractivity contribution in [3.05, 3.63) is 0 Å². The zero-order valence-corrected chi connectivity index (χ0v) is 9.41. The van der Waals surface area contributed by atoms with Crippen molar-refractivity contribution < 1.29 is 4.79 Å². The molecule has 86 valence electrons. The molecule has 0 spiro atoms. The van der Waals surface area contributed by atoms with E-state index in [2.05, 4.69) is 12.2 Å². The van der Waals surface area contributed by atoms with Gasteiger partial charge in [0, 0.05) is 12.6 Å². The van der Waals surface area contributed by atoms with E-state index in [1.54, 1.807) is 0 Å². The van der Waals surface area contributed by atoms with Gasteiger partial charge in [-0.3, -0.25) is 0 Å². The number of hydrogen-bond donors (Lipinski definition) is 2. The highest BCUT2D eigenvalue weighted by atomic mass is 16.2. The van der Waals surface area contributed by atoms with E-state index in [0.717, 1.165) is 18.9 Å². The smallest absolute Gasteiger partial charge is 0.317 e. The summed E-state index contributed by atoms with van der Waals surface area (Å²) in [4.78, 5) is 13.7. The largest absolute Gasteiger partial charge is 0.333 e. The van der Waals surface area contributed by atoms with Crippen LogP contribution in [-0.2, 0) is 0 Å². The first-order valence-corrected chi connectivity index (χ1v) is 5.99. The fourth-order valence-electron chi connectivity index (χ4n) is 2.47. The van der Waals surface area contributed by atoms with Crippen LogP contribution in [0.3, 0.4) is 0 Å². The number of rotatable bonds is 4. The maximum absolute atomic E-state index is 11.7. The molecule has 2 amide bonds. The maximum Gasteiger partial charge on any atom is 0.317 e. The van der Waals surface area contributed by atoms with Gasteiger partial charge in [0.05, 0.1) is 6.04 Å². The van der Waals surface area contributed by atoms with Crippen molar-refractivity contribution in [3.8, 4) is 0 Å². The maximum atomic E-state index is 11.7. The second-order valence-electron chi connectivity index (χ2n) is 4.83. The highest BCUT2D eigenvalue weighted by Crippen LogP contribution is 2.32. The number of nitrogens with zero attached hydrogens (tertiary/aromatic N) is 1. The predicted molar refractivity (Wildman–Crippen MR) is 59.5 cm³/mol. The predicted octanol–water partition coefficient (Wildman–Crippen LogP) is 0.918. The van der Waals surface area contributed by atoms with E-state index in [1.165, 1.54) is 19.3 Å². The molecule has 15 heavy (non-hydrogen) atoms. The third-order valence-electron chi connectivity index (χ3n) is 3.80. The zero-order chi connectivity index (χ0) is 10.8. The molecule has 0 aromatic heterocycles. The minimum Gasteiger partial charge on any atom is -0.333 e. The quantitative estimate of drug-likeness (QED) is 0.726. The van der Waals surface area contributed by atoms with E-state index in [-0.39, 0.29) is 12.1 Å². The number of urea groups is 1. The highest BCUT2D eigenvalue weighted by Gasteiger charge is 2.37. The molecule has 1 aliphatic heterocycles. The lowest BCUT2D eigenvalue weighted by Gasteiger charge is -2.31. The van der Waals surface area contributed by atoms with Gasteiger partial charge in [-0.25, -0.2) is 4.79 Å². The van der Waals surface area contributed by atoms with Crippen molar-refractivity contribution in [1.29, 1.82) is 0 Å². The number of nitrogens with two attached hydrogens (primary N) is 1. The first kappa shape index (κ1) is 10.7. The average Bonchev–Trinajstić information content (AvgIpc) is 2.44. The first-order chi connectivity index (χ1) is 7.22. The van der Waals surface area contributed by atoms with Crippen molar-refractivity contribution in [2.45, 2.75) is 44.7 Å². The Balaban J connectivity index is 1.88. The number of hydrogen-bond acceptors (Lipinski definition) is 2. The first-order valence-electron chi connectivity index (χ1n) is 5.99. The van der Waals surface area contributed by atoms with E-state index in [0.29, 0.717) is 12.6 Å². The Hall–Kier alpha value is -0.770. The summed E-state index contributed by atoms with van der Waals surface area (Å²) in [7, 11) is 0. The molecule has 0 aromatic rings. The molecule has 3 N–H and O–H groups in total. The summed E-state index contributed by atoms with van der Waals surface area (Å²) in [6, 6.07) is 0.777. The summed E-state index contributed by atoms with van der Waals surface area (Å²) >= 11 is 0. The van der Waals surface area contributed by atoms with Crippen LogP contribution in [0.5, 0.6) is 0 Å². The number of nitrogens with one attached hydrogen (secondary N) is 1. The van der Waals surface area contributed by atoms with E-state index in [4.69, 9.17) is 5.73 Å². The molecule has 2 rings (SSSR count). The molecule has 0 radical (unpaired) electrons. The van der Waals surface area contributed by atoms with Gasteiger partial charge in [-0.2, -0.15) is 0 Å². The Labute approximate surface area is 91.2 Å². The van der Waals surface area contributed by atoms with Gasteiger partial charge < -0.3 is 16.0 Å². The van der Waals surface area contributed by atoms with Gasteiger partial charge in [0.25, 0.3) is 0 Å². The molecular weight excluding hydrogens is 190 g/mol. The minimum absolute atomic E-state index is 0.104. The summed E-state index contributed by atoms with van der Waals surface area (Å²) in [5, 5.41) is 3.09. The molecule has 1 saturated carbocycles. The van der Waals surface area contributed by atoms with E-state index < -0.39 is 0 Å². The van der Waals surface area contributed by atoms with Crippen LogP contribution < -0.4 is 11.1 Å². The Morgan fingerprint density at radius 1 is 1.60 bits per heavy atom. The number of carbonyl (C=O) groups excluding carboxylic acids is 1. The molecule has 4 nitrogen and oxygen atoms in total. The van der Waals surface area contributed by atoms with E-state index in [1.807, 2.05) is 4.90 Å². The molecule has 4 heteroatoms. The molecular formula is C11H21N3O. The lowest BCUT2D eigenvalue weighted by Crippen LogP contribution is -2.37. The van der Waals surface area contributed by atoms with Gasteiger partial charge in [0.2, 0.25) is 0 Å². The average molecular weight is 211 g/mol. The fourth-order valence-corrected chi connectivity index (χ4v) is 2.47. The van der Waals surface area contributed by atoms with Crippen molar-refractivity contribution in [1.82, 2.24) is 10.2 Å². The van der Waals surface area contributed by atoms with Crippen molar-refractivity contribution in [2.24, 2.45) is 11.7 Å². The van der Waals surface area contributed by atoms with Gasteiger partial charge in [-0.15, -0.1) is 0 Å². The highest BCUT2D eigenvalue weighted by molar-refractivity contribution is 5.77. The lowest BCUT2D eigenvalue weighted by molar-refractivity contribution is 0.196. The van der Waals surface area contributed by atoms with Crippen LogP contribution >= 0.6 is 0 Å². The van der Waals surface area contributed by atoms with Gasteiger partial charge in [-0.05, 0) is 38.6 Å². The Morgan fingerprint density at radius 3 is 2.87 bits per heavy atom. The zero-order valence-electron chi connectivity index (χ0n) is 9.41. The molecule has 1 aliphatic carbocycles. The topological polar surface area (TPSA) is 58.4 Å². The van der Waals surface area contributed by atoms with Crippen molar-refractivity contribution >= 4 is 6.03 Å². The summed E-state index contributed by atoms with van der Waals surface area (Å²) in [6.07, 6.45) is 4.79. The molecule has 2 fully saturated rings. The minimum atomic E-state index is 0.104. The van der Waals surface area contributed by atoms with E-state index >= 15 is 0 Å². The van der Waals surface area contributed by atoms with Crippen LogP contribution in [0.15, 0.2) is 0 Å². The Kier molecular flexibility index (Phi) is 3.14. The van der Waals surface area contributed by atoms with Crippen LogP contribution in [0.2, 0.25) is 0 Å². The molecule has 2 unspecified atom stereocenters. The van der Waals surface area contributed by atoms with Gasteiger partial charge >= 0.3 is 6.03 Å². The van der Waals surface area contributed by atoms with Crippen LogP contribution in [0.1, 0.15) is 32.6 Å². The normalized spacial score (nSPS) is 28.8. The van der Waals surface area contributed by atoms with Crippen LogP contribution in [0.4, 0.5) is 4.79 Å². The van der Waals surface area contributed by atoms with Gasteiger partial charge in [0.1, 0.15) is 0 Å². The SMILES string of the molecule is CC(CCN)N1CC(C2CCC2)NC1=O. The Bertz CT molecular complexity index is 240. The molecule has 1 heterocycles.